The standard InChI is InChI=1S/C29H29NO3/c1-22(2)29(32)30(27-11-7-10-25(20-27)18-19-28(31)33-3)21-26-16-14-24(15-17-26)13-12-23-8-5-4-6-9-23/h4-20,22H,21H2,1-3H3/b13-12+,19-18+. The molecule has 3 aromatic rings. The molecule has 3 aromatic carbocycles. The second-order valence-electron chi connectivity index (χ2n) is 8.02. The molecule has 0 aromatic heterocycles. The quantitative estimate of drug-likeness (QED) is 0.237. The molecule has 0 N–H and O–H groups in total. The molecule has 0 spiro atoms. The average Bonchev–Trinajstić information content (AvgIpc) is 2.85. The summed E-state index contributed by atoms with van der Waals surface area (Å²) < 4.78 is 4.66. The summed E-state index contributed by atoms with van der Waals surface area (Å²) in [5, 5.41) is 0. The van der Waals surface area contributed by atoms with Crippen molar-refractivity contribution in [2.75, 3.05) is 12.0 Å². The molecule has 0 atom stereocenters. The van der Waals surface area contributed by atoms with Gasteiger partial charge in [0.1, 0.15) is 0 Å². The normalized spacial score (nSPS) is 11.3. The van der Waals surface area contributed by atoms with E-state index in [0.717, 1.165) is 27.9 Å². The molecule has 168 valence electrons. The number of ether oxygens (including phenoxy) is 1. The summed E-state index contributed by atoms with van der Waals surface area (Å²) in [5.41, 5.74) is 4.89. The highest BCUT2D eigenvalue weighted by molar-refractivity contribution is 5.95. The third kappa shape index (κ3) is 7.04. The number of nitrogens with zero attached hydrogens (tertiary/aromatic N) is 1. The van der Waals surface area contributed by atoms with Gasteiger partial charge in [-0.3, -0.25) is 4.79 Å². The van der Waals surface area contributed by atoms with E-state index in [1.54, 1.807) is 11.0 Å². The fourth-order valence-corrected chi connectivity index (χ4v) is 3.31. The van der Waals surface area contributed by atoms with Crippen LogP contribution in [0.5, 0.6) is 0 Å². The molecule has 3 rings (SSSR count). The van der Waals surface area contributed by atoms with Gasteiger partial charge in [0.25, 0.3) is 0 Å². The lowest BCUT2D eigenvalue weighted by Crippen LogP contribution is -2.33. The summed E-state index contributed by atoms with van der Waals surface area (Å²) in [5.74, 6) is -0.526. The highest BCUT2D eigenvalue weighted by Crippen LogP contribution is 2.22. The monoisotopic (exact) mass is 439 g/mol. The smallest absolute Gasteiger partial charge is 0.330 e. The number of carbonyl (C=O) groups excluding carboxylic acids is 2. The van der Waals surface area contributed by atoms with Crippen molar-refractivity contribution in [3.8, 4) is 0 Å². The first-order valence-corrected chi connectivity index (χ1v) is 11.0. The highest BCUT2D eigenvalue weighted by atomic mass is 16.5. The molecule has 1 amide bonds. The predicted molar refractivity (Wildman–Crippen MR) is 135 cm³/mol. The summed E-state index contributed by atoms with van der Waals surface area (Å²) in [6.07, 6.45) is 7.21. The first kappa shape index (κ1) is 23.7. The third-order valence-electron chi connectivity index (χ3n) is 5.14. The van der Waals surface area contributed by atoms with E-state index in [4.69, 9.17) is 0 Å². The number of benzene rings is 3. The number of carbonyl (C=O) groups is 2. The van der Waals surface area contributed by atoms with E-state index in [1.165, 1.54) is 13.2 Å². The van der Waals surface area contributed by atoms with Crippen molar-refractivity contribution in [3.63, 3.8) is 0 Å². The van der Waals surface area contributed by atoms with Crippen LogP contribution in [0.2, 0.25) is 0 Å². The van der Waals surface area contributed by atoms with Crippen LogP contribution in [0.3, 0.4) is 0 Å². The van der Waals surface area contributed by atoms with Crippen LogP contribution >= 0.6 is 0 Å². The number of anilines is 1. The Hall–Kier alpha value is -3.92. The molecule has 0 saturated carbocycles. The van der Waals surface area contributed by atoms with E-state index in [1.807, 2.05) is 68.4 Å². The number of methoxy groups -OCH3 is 1. The molecule has 33 heavy (non-hydrogen) atoms. The molecule has 0 aliphatic carbocycles. The Balaban J connectivity index is 1.80. The van der Waals surface area contributed by atoms with E-state index in [0.29, 0.717) is 6.54 Å². The van der Waals surface area contributed by atoms with E-state index >= 15 is 0 Å². The van der Waals surface area contributed by atoms with Crippen molar-refractivity contribution in [2.24, 2.45) is 5.92 Å². The van der Waals surface area contributed by atoms with Crippen LogP contribution in [-0.2, 0) is 20.9 Å². The molecular formula is C29H29NO3. The summed E-state index contributed by atoms with van der Waals surface area (Å²) in [4.78, 5) is 26.2. The fraction of sp³-hybridized carbons (Fsp3) is 0.172. The Bertz CT molecular complexity index is 1130. The largest absolute Gasteiger partial charge is 0.466 e. The van der Waals surface area contributed by atoms with Crippen LogP contribution in [-0.4, -0.2) is 19.0 Å². The molecule has 0 aliphatic rings. The van der Waals surface area contributed by atoms with Gasteiger partial charge in [-0.15, -0.1) is 0 Å². The average molecular weight is 440 g/mol. The van der Waals surface area contributed by atoms with Gasteiger partial charge in [0.05, 0.1) is 13.7 Å². The van der Waals surface area contributed by atoms with Crippen LogP contribution < -0.4 is 4.90 Å². The zero-order valence-electron chi connectivity index (χ0n) is 19.3. The van der Waals surface area contributed by atoms with Crippen LogP contribution in [0.4, 0.5) is 5.69 Å². The maximum absolute atomic E-state index is 13.0. The van der Waals surface area contributed by atoms with Gasteiger partial charge < -0.3 is 9.64 Å². The Morgan fingerprint density at radius 1 is 0.818 bits per heavy atom. The van der Waals surface area contributed by atoms with Crippen molar-refractivity contribution in [2.45, 2.75) is 20.4 Å². The number of hydrogen-bond acceptors (Lipinski definition) is 3. The molecule has 0 unspecified atom stereocenters. The predicted octanol–water partition coefficient (Wildman–Crippen LogP) is 6.23. The van der Waals surface area contributed by atoms with Crippen molar-refractivity contribution < 1.29 is 14.3 Å². The Kier molecular flexibility index (Phi) is 8.36. The first-order valence-electron chi connectivity index (χ1n) is 11.0. The van der Waals surface area contributed by atoms with Gasteiger partial charge >= 0.3 is 5.97 Å². The van der Waals surface area contributed by atoms with Crippen LogP contribution in [0.25, 0.3) is 18.2 Å². The van der Waals surface area contributed by atoms with Crippen LogP contribution in [0.1, 0.15) is 36.1 Å². The van der Waals surface area contributed by atoms with Gasteiger partial charge in [0.2, 0.25) is 5.91 Å². The first-order chi connectivity index (χ1) is 16.0. The minimum atomic E-state index is -0.420. The van der Waals surface area contributed by atoms with Crippen LogP contribution in [0, 0.1) is 5.92 Å². The van der Waals surface area contributed by atoms with Gasteiger partial charge in [-0.25, -0.2) is 4.79 Å². The minimum absolute atomic E-state index is 0.0390. The van der Waals surface area contributed by atoms with Crippen molar-refractivity contribution in [1.82, 2.24) is 0 Å². The maximum Gasteiger partial charge on any atom is 0.330 e. The Morgan fingerprint density at radius 2 is 1.45 bits per heavy atom. The van der Waals surface area contributed by atoms with Crippen LogP contribution in [0.15, 0.2) is 84.9 Å². The maximum atomic E-state index is 13.0. The molecule has 0 bridgehead atoms. The third-order valence-corrected chi connectivity index (χ3v) is 5.14. The number of rotatable bonds is 8. The summed E-state index contributed by atoms with van der Waals surface area (Å²) in [7, 11) is 1.34. The van der Waals surface area contributed by atoms with E-state index in [-0.39, 0.29) is 11.8 Å². The van der Waals surface area contributed by atoms with E-state index < -0.39 is 5.97 Å². The van der Waals surface area contributed by atoms with Gasteiger partial charge in [-0.1, -0.05) is 92.7 Å². The van der Waals surface area contributed by atoms with Crippen molar-refractivity contribution >= 4 is 35.8 Å². The molecular weight excluding hydrogens is 410 g/mol. The molecule has 4 nitrogen and oxygen atoms in total. The highest BCUT2D eigenvalue weighted by Gasteiger charge is 2.19. The minimum Gasteiger partial charge on any atom is -0.466 e. The SMILES string of the molecule is COC(=O)/C=C/c1cccc(N(Cc2ccc(/C=C/c3ccccc3)cc2)C(=O)C(C)C)c1. The summed E-state index contributed by atoms with van der Waals surface area (Å²) in [6.45, 7) is 4.26. The van der Waals surface area contributed by atoms with Crippen molar-refractivity contribution in [3.05, 3.63) is 107 Å². The molecule has 0 heterocycles. The van der Waals surface area contributed by atoms with Gasteiger partial charge in [0.15, 0.2) is 0 Å². The van der Waals surface area contributed by atoms with E-state index in [9.17, 15) is 9.59 Å². The molecule has 0 aliphatic heterocycles. The zero-order valence-corrected chi connectivity index (χ0v) is 19.3. The molecule has 0 saturated heterocycles. The molecule has 4 heteroatoms. The fourth-order valence-electron chi connectivity index (χ4n) is 3.31. The summed E-state index contributed by atoms with van der Waals surface area (Å²) >= 11 is 0. The topological polar surface area (TPSA) is 46.6 Å². The number of hydrogen-bond donors (Lipinski definition) is 0. The number of esters is 1. The number of amides is 1. The summed E-state index contributed by atoms with van der Waals surface area (Å²) in [6, 6.07) is 25.9. The van der Waals surface area contributed by atoms with Crippen molar-refractivity contribution in [1.29, 1.82) is 0 Å². The lowest BCUT2D eigenvalue weighted by molar-refractivity contribution is -0.134. The molecule has 0 radical (unpaired) electrons. The second kappa shape index (κ2) is 11.6. The molecule has 0 fully saturated rings. The lowest BCUT2D eigenvalue weighted by atomic mass is 10.1. The van der Waals surface area contributed by atoms with Gasteiger partial charge in [0, 0.05) is 17.7 Å². The lowest BCUT2D eigenvalue weighted by Gasteiger charge is -2.25. The Morgan fingerprint density at radius 3 is 2.09 bits per heavy atom. The zero-order chi connectivity index (χ0) is 23.6. The van der Waals surface area contributed by atoms with Gasteiger partial charge in [-0.05, 0) is 40.5 Å². The van der Waals surface area contributed by atoms with Gasteiger partial charge in [-0.2, -0.15) is 0 Å². The Labute approximate surface area is 195 Å². The second-order valence-corrected chi connectivity index (χ2v) is 8.02. The van der Waals surface area contributed by atoms with E-state index in [2.05, 4.69) is 41.2 Å².